The number of rotatable bonds is 5. The van der Waals surface area contributed by atoms with Crippen molar-refractivity contribution in [2.24, 2.45) is 7.05 Å². The van der Waals surface area contributed by atoms with Crippen molar-refractivity contribution in [2.75, 3.05) is 0 Å². The third-order valence-electron chi connectivity index (χ3n) is 3.19. The van der Waals surface area contributed by atoms with Gasteiger partial charge in [0.05, 0.1) is 24.5 Å². The molecule has 2 rings (SSSR count). The molecule has 0 aromatic carbocycles. The Bertz CT molecular complexity index is 690. The minimum Gasteiger partial charge on any atom is -0.472 e. The Hall–Kier alpha value is -2.57. The molecule has 24 heavy (non-hydrogen) atoms. The van der Waals surface area contributed by atoms with Crippen molar-refractivity contribution in [3.8, 4) is 5.88 Å². The fourth-order valence-corrected chi connectivity index (χ4v) is 2.09. The molecule has 0 aliphatic heterocycles. The maximum Gasteiger partial charge on any atom is 0.315 e. The Morgan fingerprint density at radius 2 is 2.12 bits per heavy atom. The summed E-state index contributed by atoms with van der Waals surface area (Å²) >= 11 is 0. The molecule has 0 saturated heterocycles. The van der Waals surface area contributed by atoms with Gasteiger partial charge in [-0.05, 0) is 33.8 Å². The number of hydrogen-bond donors (Lipinski definition) is 2. The maximum absolute atomic E-state index is 12.0. The minimum absolute atomic E-state index is 0.123. The zero-order valence-electron chi connectivity index (χ0n) is 14.8. The molecule has 1 atom stereocenters. The average molecular weight is 331 g/mol. The highest BCUT2D eigenvalue weighted by molar-refractivity contribution is 5.74. The molecule has 2 heterocycles. The number of aryl methyl sites for hydroxylation is 1. The van der Waals surface area contributed by atoms with Gasteiger partial charge in [-0.15, -0.1) is 0 Å². The molecule has 7 heteroatoms. The molecule has 0 bridgehead atoms. The zero-order valence-corrected chi connectivity index (χ0v) is 14.8. The number of amides is 2. The van der Waals surface area contributed by atoms with Crippen LogP contribution in [0.5, 0.6) is 5.88 Å². The number of ether oxygens (including phenoxy) is 1. The van der Waals surface area contributed by atoms with E-state index in [4.69, 9.17) is 4.74 Å². The molecule has 2 amide bonds. The first kappa shape index (κ1) is 17.8. The number of nitrogens with one attached hydrogen (secondary N) is 2. The van der Waals surface area contributed by atoms with Crippen LogP contribution in [0, 0.1) is 0 Å². The van der Waals surface area contributed by atoms with Crippen molar-refractivity contribution in [3.05, 3.63) is 41.9 Å². The minimum atomic E-state index is -0.310. The van der Waals surface area contributed by atoms with Crippen LogP contribution >= 0.6 is 0 Å². The lowest BCUT2D eigenvalue weighted by Crippen LogP contribution is -2.36. The van der Waals surface area contributed by atoms with Gasteiger partial charge in [0.15, 0.2) is 0 Å². The molecule has 0 saturated carbocycles. The van der Waals surface area contributed by atoms with Gasteiger partial charge in [-0.1, -0.05) is 6.07 Å². The van der Waals surface area contributed by atoms with Crippen molar-refractivity contribution in [1.82, 2.24) is 25.4 Å². The number of nitrogens with zero attached hydrogens (tertiary/aromatic N) is 3. The Kier molecular flexibility index (Phi) is 5.43. The predicted molar refractivity (Wildman–Crippen MR) is 91.6 cm³/mol. The summed E-state index contributed by atoms with van der Waals surface area (Å²) in [6.07, 6.45) is 3.61. The van der Waals surface area contributed by atoms with E-state index < -0.39 is 0 Å². The van der Waals surface area contributed by atoms with E-state index in [-0.39, 0.29) is 17.7 Å². The van der Waals surface area contributed by atoms with Gasteiger partial charge in [-0.3, -0.25) is 4.68 Å². The fourth-order valence-electron chi connectivity index (χ4n) is 2.09. The Morgan fingerprint density at radius 1 is 1.38 bits per heavy atom. The maximum atomic E-state index is 12.0. The van der Waals surface area contributed by atoms with Crippen LogP contribution in [0.2, 0.25) is 0 Å². The normalized spacial score (nSPS) is 12.5. The van der Waals surface area contributed by atoms with Crippen LogP contribution in [0.25, 0.3) is 0 Å². The summed E-state index contributed by atoms with van der Waals surface area (Å²) in [6, 6.07) is 5.14. The van der Waals surface area contributed by atoms with E-state index in [9.17, 15) is 4.79 Å². The number of carbonyl (C=O) groups is 1. The monoisotopic (exact) mass is 331 g/mol. The van der Waals surface area contributed by atoms with Gasteiger partial charge in [-0.25, -0.2) is 9.78 Å². The van der Waals surface area contributed by atoms with E-state index in [2.05, 4.69) is 20.7 Å². The van der Waals surface area contributed by atoms with Gasteiger partial charge in [0.25, 0.3) is 0 Å². The lowest BCUT2D eigenvalue weighted by molar-refractivity contribution is 0.123. The second kappa shape index (κ2) is 7.33. The third kappa shape index (κ3) is 5.57. The van der Waals surface area contributed by atoms with Crippen molar-refractivity contribution >= 4 is 6.03 Å². The van der Waals surface area contributed by atoms with Crippen LogP contribution in [0.1, 0.15) is 45.0 Å². The zero-order chi connectivity index (χ0) is 17.7. The Labute approximate surface area is 142 Å². The quantitative estimate of drug-likeness (QED) is 0.882. The van der Waals surface area contributed by atoms with E-state index >= 15 is 0 Å². The summed E-state index contributed by atoms with van der Waals surface area (Å²) in [4.78, 5) is 16.4. The number of carbonyl (C=O) groups excluding carboxylic acids is 1. The van der Waals surface area contributed by atoms with Crippen molar-refractivity contribution in [2.45, 2.75) is 45.9 Å². The summed E-state index contributed by atoms with van der Waals surface area (Å²) < 4.78 is 7.43. The summed E-state index contributed by atoms with van der Waals surface area (Å²) in [5.41, 5.74) is 1.38. The topological polar surface area (TPSA) is 81.1 Å². The van der Waals surface area contributed by atoms with Gasteiger partial charge in [0.1, 0.15) is 5.60 Å². The third-order valence-corrected chi connectivity index (χ3v) is 3.19. The van der Waals surface area contributed by atoms with Gasteiger partial charge in [0.2, 0.25) is 5.88 Å². The molecule has 130 valence electrons. The SMILES string of the molecule is C[C@@H](NC(=O)NCc1cccc(OC(C)(C)C)n1)c1cnn(C)c1. The molecule has 2 aromatic rings. The highest BCUT2D eigenvalue weighted by Crippen LogP contribution is 2.15. The highest BCUT2D eigenvalue weighted by Gasteiger charge is 2.13. The van der Waals surface area contributed by atoms with E-state index in [0.29, 0.717) is 12.4 Å². The molecule has 0 fully saturated rings. The van der Waals surface area contributed by atoms with Crippen LogP contribution in [-0.2, 0) is 13.6 Å². The standard InChI is InChI=1S/C17H25N5O2/c1-12(13-9-19-22(5)11-13)20-16(23)18-10-14-7-6-8-15(21-14)24-17(2,3)4/h6-9,11-12H,10H2,1-5H3,(H2,18,20,23)/t12-/m1/s1. The van der Waals surface area contributed by atoms with E-state index in [1.807, 2.05) is 53.1 Å². The smallest absolute Gasteiger partial charge is 0.315 e. The van der Waals surface area contributed by atoms with Crippen LogP contribution in [0.3, 0.4) is 0 Å². The molecule has 2 aromatic heterocycles. The lowest BCUT2D eigenvalue weighted by atomic mass is 10.2. The molecule has 0 aliphatic rings. The molecular formula is C17H25N5O2. The Morgan fingerprint density at radius 3 is 2.75 bits per heavy atom. The molecule has 0 unspecified atom stereocenters. The van der Waals surface area contributed by atoms with E-state index in [1.54, 1.807) is 16.9 Å². The van der Waals surface area contributed by atoms with Gasteiger partial charge in [-0.2, -0.15) is 5.10 Å². The second-order valence-corrected chi connectivity index (χ2v) is 6.68. The fraction of sp³-hybridized carbons (Fsp3) is 0.471. The van der Waals surface area contributed by atoms with E-state index in [0.717, 1.165) is 11.3 Å². The van der Waals surface area contributed by atoms with E-state index in [1.165, 1.54) is 0 Å². The Balaban J connectivity index is 1.86. The number of urea groups is 1. The summed E-state index contributed by atoms with van der Waals surface area (Å²) in [5, 5.41) is 9.77. The van der Waals surface area contributed by atoms with Crippen molar-refractivity contribution in [3.63, 3.8) is 0 Å². The van der Waals surface area contributed by atoms with Crippen LogP contribution in [-0.4, -0.2) is 26.4 Å². The molecule has 7 nitrogen and oxygen atoms in total. The first-order valence-corrected chi connectivity index (χ1v) is 7.91. The van der Waals surface area contributed by atoms with Gasteiger partial charge >= 0.3 is 6.03 Å². The van der Waals surface area contributed by atoms with Crippen LogP contribution < -0.4 is 15.4 Å². The number of aromatic nitrogens is 3. The predicted octanol–water partition coefficient (Wildman–Crippen LogP) is 2.55. The van der Waals surface area contributed by atoms with Crippen LogP contribution in [0.15, 0.2) is 30.6 Å². The molecular weight excluding hydrogens is 306 g/mol. The summed E-state index contributed by atoms with van der Waals surface area (Å²) in [6.45, 7) is 8.13. The first-order chi connectivity index (χ1) is 11.2. The molecule has 0 radical (unpaired) electrons. The largest absolute Gasteiger partial charge is 0.472 e. The lowest BCUT2D eigenvalue weighted by Gasteiger charge is -2.20. The van der Waals surface area contributed by atoms with Crippen molar-refractivity contribution in [1.29, 1.82) is 0 Å². The van der Waals surface area contributed by atoms with Crippen LogP contribution in [0.4, 0.5) is 4.79 Å². The second-order valence-electron chi connectivity index (χ2n) is 6.68. The van der Waals surface area contributed by atoms with Gasteiger partial charge in [0, 0.05) is 24.9 Å². The molecule has 0 spiro atoms. The first-order valence-electron chi connectivity index (χ1n) is 7.91. The molecule has 2 N–H and O–H groups in total. The average Bonchev–Trinajstić information content (AvgIpc) is 2.90. The van der Waals surface area contributed by atoms with Gasteiger partial charge < -0.3 is 15.4 Å². The molecule has 0 aliphatic carbocycles. The summed E-state index contributed by atoms with van der Waals surface area (Å²) in [5.74, 6) is 0.547. The summed E-state index contributed by atoms with van der Waals surface area (Å²) in [7, 11) is 1.84. The number of hydrogen-bond acceptors (Lipinski definition) is 4. The highest BCUT2D eigenvalue weighted by atomic mass is 16.5. The number of pyridine rings is 1. The van der Waals surface area contributed by atoms with Crippen molar-refractivity contribution < 1.29 is 9.53 Å².